The van der Waals surface area contributed by atoms with Crippen molar-refractivity contribution in [2.75, 3.05) is 24.5 Å². The van der Waals surface area contributed by atoms with E-state index in [4.69, 9.17) is 0 Å². The van der Waals surface area contributed by atoms with Gasteiger partial charge in [-0.15, -0.1) is 0 Å². The Morgan fingerprint density at radius 3 is 2.43 bits per heavy atom. The molecule has 28 heavy (non-hydrogen) atoms. The van der Waals surface area contributed by atoms with Crippen LogP contribution in [-0.4, -0.2) is 30.1 Å². The van der Waals surface area contributed by atoms with Gasteiger partial charge in [-0.25, -0.2) is 0 Å². The van der Waals surface area contributed by atoms with Crippen LogP contribution in [0.25, 0.3) is 10.9 Å². The molecule has 0 atom stereocenters. The van der Waals surface area contributed by atoms with Crippen molar-refractivity contribution in [2.45, 2.75) is 39.2 Å². The van der Waals surface area contributed by atoms with Gasteiger partial charge in [0.25, 0.3) is 5.91 Å². The Bertz CT molecular complexity index is 934. The predicted octanol–water partition coefficient (Wildman–Crippen LogP) is 4.76. The van der Waals surface area contributed by atoms with Crippen LogP contribution in [0.5, 0.6) is 0 Å². The molecular weight excluding hydrogens is 346 g/mol. The fourth-order valence-electron chi connectivity index (χ4n) is 4.18. The molecule has 1 saturated heterocycles. The number of hydrogen-bond donors (Lipinski definition) is 1. The summed E-state index contributed by atoms with van der Waals surface area (Å²) < 4.78 is 2.26. The van der Waals surface area contributed by atoms with Crippen molar-refractivity contribution >= 4 is 22.5 Å². The summed E-state index contributed by atoms with van der Waals surface area (Å²) in [5, 5.41) is 4.31. The molecule has 0 spiro atoms. The highest BCUT2D eigenvalue weighted by Gasteiger charge is 2.11. The fourth-order valence-corrected chi connectivity index (χ4v) is 4.18. The fraction of sp³-hybridized carbons (Fsp3) is 0.375. The quantitative estimate of drug-likeness (QED) is 0.698. The Kier molecular flexibility index (Phi) is 5.65. The minimum atomic E-state index is -0.00321. The van der Waals surface area contributed by atoms with E-state index in [-0.39, 0.29) is 5.91 Å². The summed E-state index contributed by atoms with van der Waals surface area (Å²) in [6, 6.07) is 18.6. The lowest BCUT2D eigenvalue weighted by Crippen LogP contribution is -2.27. The summed E-state index contributed by atoms with van der Waals surface area (Å²) in [5.41, 5.74) is 4.40. The van der Waals surface area contributed by atoms with Crippen molar-refractivity contribution < 1.29 is 4.79 Å². The molecule has 4 rings (SSSR count). The standard InChI is InChI=1S/C24H29N3O/c1-19-18-21-8-4-5-9-23(21)27(19)17-14-25-24(28)20-10-12-22(13-11-20)26-15-6-2-3-7-16-26/h4-5,8-13,18H,2-3,6-7,14-17H2,1H3,(H,25,28). The van der Waals surface area contributed by atoms with E-state index in [1.807, 2.05) is 12.1 Å². The third-order valence-corrected chi connectivity index (χ3v) is 5.74. The number of rotatable bonds is 5. The Balaban J connectivity index is 1.35. The van der Waals surface area contributed by atoms with E-state index in [2.05, 4.69) is 64.2 Å². The van der Waals surface area contributed by atoms with Crippen LogP contribution in [0.1, 0.15) is 41.7 Å². The number of carbonyl (C=O) groups excluding carboxylic acids is 1. The number of carbonyl (C=O) groups is 1. The minimum absolute atomic E-state index is 0.00321. The smallest absolute Gasteiger partial charge is 0.251 e. The molecule has 0 bridgehead atoms. The van der Waals surface area contributed by atoms with E-state index in [0.29, 0.717) is 6.54 Å². The number of aromatic nitrogens is 1. The van der Waals surface area contributed by atoms with Crippen LogP contribution in [0.3, 0.4) is 0 Å². The zero-order chi connectivity index (χ0) is 19.3. The third-order valence-electron chi connectivity index (χ3n) is 5.74. The number of anilines is 1. The summed E-state index contributed by atoms with van der Waals surface area (Å²) in [5.74, 6) is -0.00321. The molecule has 1 aliphatic rings. The highest BCUT2D eigenvalue weighted by atomic mass is 16.1. The van der Waals surface area contributed by atoms with Gasteiger partial charge in [0, 0.05) is 48.6 Å². The summed E-state index contributed by atoms with van der Waals surface area (Å²) in [7, 11) is 0. The maximum absolute atomic E-state index is 12.5. The minimum Gasteiger partial charge on any atom is -0.372 e. The number of amides is 1. The lowest BCUT2D eigenvalue weighted by molar-refractivity contribution is 0.0952. The van der Waals surface area contributed by atoms with Crippen molar-refractivity contribution in [1.29, 1.82) is 0 Å². The second-order valence-electron chi connectivity index (χ2n) is 7.70. The van der Waals surface area contributed by atoms with E-state index in [9.17, 15) is 4.79 Å². The molecule has 1 aromatic heterocycles. The zero-order valence-electron chi connectivity index (χ0n) is 16.7. The molecule has 2 heterocycles. The van der Waals surface area contributed by atoms with Gasteiger partial charge in [-0.3, -0.25) is 4.79 Å². The molecule has 4 heteroatoms. The molecule has 0 aliphatic carbocycles. The summed E-state index contributed by atoms with van der Waals surface area (Å²) in [6.45, 7) is 5.75. The lowest BCUT2D eigenvalue weighted by atomic mass is 10.1. The average Bonchev–Trinajstić information content (AvgIpc) is 2.89. The van der Waals surface area contributed by atoms with Gasteiger partial charge in [0.1, 0.15) is 0 Å². The number of para-hydroxylation sites is 1. The first-order valence-electron chi connectivity index (χ1n) is 10.4. The predicted molar refractivity (Wildman–Crippen MR) is 116 cm³/mol. The highest BCUT2D eigenvalue weighted by Crippen LogP contribution is 2.20. The van der Waals surface area contributed by atoms with Crippen molar-refractivity contribution in [1.82, 2.24) is 9.88 Å². The first-order valence-corrected chi connectivity index (χ1v) is 10.4. The second kappa shape index (κ2) is 8.51. The molecule has 4 nitrogen and oxygen atoms in total. The lowest BCUT2D eigenvalue weighted by Gasteiger charge is -2.22. The van der Waals surface area contributed by atoms with Gasteiger partial charge in [0.05, 0.1) is 0 Å². The normalized spacial score (nSPS) is 14.8. The maximum Gasteiger partial charge on any atom is 0.251 e. The van der Waals surface area contributed by atoms with Crippen molar-refractivity contribution in [3.63, 3.8) is 0 Å². The molecule has 1 fully saturated rings. The Morgan fingerprint density at radius 2 is 1.68 bits per heavy atom. The van der Waals surface area contributed by atoms with Gasteiger partial charge < -0.3 is 14.8 Å². The second-order valence-corrected chi connectivity index (χ2v) is 7.70. The molecule has 1 N–H and O–H groups in total. The first kappa shape index (κ1) is 18.6. The Labute approximate surface area is 167 Å². The van der Waals surface area contributed by atoms with Crippen molar-refractivity contribution in [2.24, 2.45) is 0 Å². The monoisotopic (exact) mass is 375 g/mol. The number of fused-ring (bicyclic) bond motifs is 1. The van der Waals surface area contributed by atoms with Crippen molar-refractivity contribution in [3.05, 3.63) is 65.9 Å². The van der Waals surface area contributed by atoms with Crippen LogP contribution in [-0.2, 0) is 6.54 Å². The number of nitrogens with zero attached hydrogens (tertiary/aromatic N) is 2. The molecular formula is C24H29N3O. The summed E-state index contributed by atoms with van der Waals surface area (Å²) in [6.07, 6.45) is 5.17. The van der Waals surface area contributed by atoms with Crippen LogP contribution in [0, 0.1) is 6.92 Å². The molecule has 0 saturated carbocycles. The van der Waals surface area contributed by atoms with Gasteiger partial charge in [-0.1, -0.05) is 31.0 Å². The Hall–Kier alpha value is -2.75. The van der Waals surface area contributed by atoms with Crippen LogP contribution < -0.4 is 10.2 Å². The van der Waals surface area contributed by atoms with Crippen LogP contribution >= 0.6 is 0 Å². The Morgan fingerprint density at radius 1 is 0.964 bits per heavy atom. The van der Waals surface area contributed by atoms with Crippen LogP contribution in [0.2, 0.25) is 0 Å². The molecule has 0 unspecified atom stereocenters. The van der Waals surface area contributed by atoms with E-state index >= 15 is 0 Å². The average molecular weight is 376 g/mol. The van der Waals surface area contributed by atoms with Gasteiger partial charge >= 0.3 is 0 Å². The zero-order valence-corrected chi connectivity index (χ0v) is 16.7. The van der Waals surface area contributed by atoms with Gasteiger partial charge in [-0.05, 0) is 61.5 Å². The molecule has 1 amide bonds. The van der Waals surface area contributed by atoms with Gasteiger partial charge in [-0.2, -0.15) is 0 Å². The van der Waals surface area contributed by atoms with Crippen LogP contribution in [0.4, 0.5) is 5.69 Å². The van der Waals surface area contributed by atoms with Gasteiger partial charge in [0.15, 0.2) is 0 Å². The summed E-state index contributed by atoms with van der Waals surface area (Å²) in [4.78, 5) is 15.0. The van der Waals surface area contributed by atoms with E-state index < -0.39 is 0 Å². The van der Waals surface area contributed by atoms with Crippen LogP contribution in [0.15, 0.2) is 54.6 Å². The van der Waals surface area contributed by atoms with E-state index in [0.717, 1.165) is 25.2 Å². The number of benzene rings is 2. The van der Waals surface area contributed by atoms with E-state index in [1.54, 1.807) is 0 Å². The molecule has 3 aromatic rings. The first-order chi connectivity index (χ1) is 13.7. The molecule has 0 radical (unpaired) electrons. The third kappa shape index (κ3) is 4.06. The largest absolute Gasteiger partial charge is 0.372 e. The molecule has 146 valence electrons. The highest BCUT2D eigenvalue weighted by molar-refractivity contribution is 5.94. The number of aryl methyl sites for hydroxylation is 1. The number of hydrogen-bond acceptors (Lipinski definition) is 2. The summed E-state index contributed by atoms with van der Waals surface area (Å²) >= 11 is 0. The number of nitrogens with one attached hydrogen (secondary N) is 1. The van der Waals surface area contributed by atoms with E-state index in [1.165, 1.54) is 48.0 Å². The van der Waals surface area contributed by atoms with Gasteiger partial charge in [0.2, 0.25) is 0 Å². The topological polar surface area (TPSA) is 37.3 Å². The molecule has 2 aromatic carbocycles. The molecule has 1 aliphatic heterocycles. The maximum atomic E-state index is 12.5. The SMILES string of the molecule is Cc1cc2ccccc2n1CCNC(=O)c1ccc(N2CCCCCC2)cc1. The van der Waals surface area contributed by atoms with Crippen molar-refractivity contribution in [3.8, 4) is 0 Å².